The predicted molar refractivity (Wildman–Crippen MR) is 74.9 cm³/mol. The zero-order chi connectivity index (χ0) is 14.3. The Morgan fingerprint density at radius 1 is 1.10 bits per heavy atom. The largest absolute Gasteiger partial charge is 0.333 e. The van der Waals surface area contributed by atoms with E-state index in [0.29, 0.717) is 10.9 Å². The monoisotopic (exact) mass is 270 g/mol. The van der Waals surface area contributed by atoms with Gasteiger partial charge < -0.3 is 4.98 Å². The highest BCUT2D eigenvalue weighted by Gasteiger charge is 2.11. The molecule has 0 radical (unpaired) electrons. The fraction of sp³-hybridized carbons (Fsp3) is 0.0667. The van der Waals surface area contributed by atoms with Crippen LogP contribution in [-0.2, 0) is 0 Å². The number of benzene rings is 2. The number of halogens is 1. The van der Waals surface area contributed by atoms with Crippen molar-refractivity contribution < 1.29 is 4.39 Å². The maximum Gasteiger partial charge on any atom is 0.333 e. The molecule has 1 heterocycles. The summed E-state index contributed by atoms with van der Waals surface area (Å²) in [5.74, 6) is -0.501. The van der Waals surface area contributed by atoms with Gasteiger partial charge in [0.2, 0.25) is 0 Å². The molecule has 100 valence electrons. The van der Waals surface area contributed by atoms with Gasteiger partial charge in [0.25, 0.3) is 5.56 Å². The second-order valence-corrected chi connectivity index (χ2v) is 4.55. The summed E-state index contributed by atoms with van der Waals surface area (Å²) in [4.78, 5) is 27.2. The topological polar surface area (TPSA) is 54.9 Å². The van der Waals surface area contributed by atoms with Gasteiger partial charge in [-0.3, -0.25) is 4.79 Å². The SMILES string of the molecule is Cc1cccc2[nH]c(=O)n(-c3cccc(F)c3)c(=O)c12. The van der Waals surface area contributed by atoms with Crippen LogP contribution in [-0.4, -0.2) is 9.55 Å². The number of nitrogens with one attached hydrogen (secondary N) is 1. The average Bonchev–Trinajstić information content (AvgIpc) is 2.38. The molecule has 0 saturated heterocycles. The number of hydrogen-bond donors (Lipinski definition) is 1. The molecule has 0 bridgehead atoms. The van der Waals surface area contributed by atoms with Crippen LogP contribution in [0.3, 0.4) is 0 Å². The third kappa shape index (κ3) is 1.84. The Morgan fingerprint density at radius 2 is 1.85 bits per heavy atom. The van der Waals surface area contributed by atoms with Crippen LogP contribution in [0.15, 0.2) is 52.1 Å². The Bertz CT molecular complexity index is 925. The van der Waals surface area contributed by atoms with E-state index < -0.39 is 17.1 Å². The van der Waals surface area contributed by atoms with Crippen molar-refractivity contribution in [1.29, 1.82) is 0 Å². The van der Waals surface area contributed by atoms with Gasteiger partial charge in [-0.25, -0.2) is 13.8 Å². The minimum atomic E-state index is -0.585. The van der Waals surface area contributed by atoms with Gasteiger partial charge in [0.05, 0.1) is 16.6 Å². The molecular weight excluding hydrogens is 259 g/mol. The number of fused-ring (bicyclic) bond motifs is 1. The van der Waals surface area contributed by atoms with Gasteiger partial charge in [-0.05, 0) is 36.8 Å². The van der Waals surface area contributed by atoms with Crippen molar-refractivity contribution in [3.63, 3.8) is 0 Å². The molecule has 5 heteroatoms. The van der Waals surface area contributed by atoms with Crippen molar-refractivity contribution in [3.8, 4) is 5.69 Å². The highest BCUT2D eigenvalue weighted by atomic mass is 19.1. The lowest BCUT2D eigenvalue weighted by Crippen LogP contribution is -2.34. The van der Waals surface area contributed by atoms with E-state index in [1.54, 1.807) is 25.1 Å². The van der Waals surface area contributed by atoms with E-state index in [1.165, 1.54) is 18.2 Å². The molecule has 3 aromatic rings. The summed E-state index contributed by atoms with van der Waals surface area (Å²) in [6, 6.07) is 10.6. The number of aromatic nitrogens is 2. The van der Waals surface area contributed by atoms with Crippen LogP contribution < -0.4 is 11.2 Å². The maximum atomic E-state index is 13.3. The van der Waals surface area contributed by atoms with Crippen molar-refractivity contribution in [2.24, 2.45) is 0 Å². The first kappa shape index (κ1) is 12.3. The Hall–Kier alpha value is -2.69. The minimum Gasteiger partial charge on any atom is -0.306 e. The van der Waals surface area contributed by atoms with E-state index in [-0.39, 0.29) is 5.69 Å². The highest BCUT2D eigenvalue weighted by Crippen LogP contribution is 2.12. The quantitative estimate of drug-likeness (QED) is 0.736. The van der Waals surface area contributed by atoms with E-state index in [4.69, 9.17) is 0 Å². The van der Waals surface area contributed by atoms with E-state index in [1.807, 2.05) is 0 Å². The number of nitrogens with zero attached hydrogens (tertiary/aromatic N) is 1. The van der Waals surface area contributed by atoms with Gasteiger partial charge in [-0.2, -0.15) is 0 Å². The highest BCUT2D eigenvalue weighted by molar-refractivity contribution is 5.81. The average molecular weight is 270 g/mol. The molecule has 1 aromatic heterocycles. The number of hydrogen-bond acceptors (Lipinski definition) is 2. The van der Waals surface area contributed by atoms with Gasteiger partial charge in [0.1, 0.15) is 5.82 Å². The minimum absolute atomic E-state index is 0.210. The molecule has 20 heavy (non-hydrogen) atoms. The van der Waals surface area contributed by atoms with Crippen molar-refractivity contribution in [1.82, 2.24) is 9.55 Å². The summed E-state index contributed by atoms with van der Waals surface area (Å²) in [6.45, 7) is 1.79. The molecule has 2 aromatic carbocycles. The molecule has 0 saturated carbocycles. The third-order valence-corrected chi connectivity index (χ3v) is 3.20. The maximum absolute atomic E-state index is 13.3. The first-order valence-corrected chi connectivity index (χ1v) is 6.08. The smallest absolute Gasteiger partial charge is 0.306 e. The number of aromatic amines is 1. The summed E-state index contributed by atoms with van der Waals surface area (Å²) in [6.07, 6.45) is 0. The molecule has 0 spiro atoms. The second kappa shape index (κ2) is 4.45. The Balaban J connectivity index is 2.46. The summed E-state index contributed by atoms with van der Waals surface area (Å²) >= 11 is 0. The second-order valence-electron chi connectivity index (χ2n) is 4.55. The van der Waals surface area contributed by atoms with Crippen LogP contribution in [0.1, 0.15) is 5.56 Å². The van der Waals surface area contributed by atoms with Gasteiger partial charge in [-0.1, -0.05) is 18.2 Å². The molecule has 0 fully saturated rings. The summed E-state index contributed by atoms with van der Waals surface area (Å²) in [7, 11) is 0. The Morgan fingerprint density at radius 3 is 2.60 bits per heavy atom. The standard InChI is InChI=1S/C15H11FN2O2/c1-9-4-2-7-12-13(9)14(19)18(15(20)17-12)11-6-3-5-10(16)8-11/h2-8H,1H3,(H,17,20). The summed E-state index contributed by atoms with van der Waals surface area (Å²) in [5.41, 5.74) is 0.411. The molecule has 0 atom stereocenters. The van der Waals surface area contributed by atoms with Crippen LogP contribution in [0.4, 0.5) is 4.39 Å². The van der Waals surface area contributed by atoms with Gasteiger partial charge in [0, 0.05) is 0 Å². The van der Waals surface area contributed by atoms with Crippen LogP contribution in [0, 0.1) is 12.7 Å². The van der Waals surface area contributed by atoms with Gasteiger partial charge in [-0.15, -0.1) is 0 Å². The lowest BCUT2D eigenvalue weighted by Gasteiger charge is -2.07. The molecule has 0 aliphatic heterocycles. The zero-order valence-corrected chi connectivity index (χ0v) is 10.7. The van der Waals surface area contributed by atoms with Crippen molar-refractivity contribution in [2.45, 2.75) is 6.92 Å². The van der Waals surface area contributed by atoms with Gasteiger partial charge in [0.15, 0.2) is 0 Å². The molecule has 0 unspecified atom stereocenters. The zero-order valence-electron chi connectivity index (χ0n) is 10.7. The third-order valence-electron chi connectivity index (χ3n) is 3.20. The van der Waals surface area contributed by atoms with Crippen LogP contribution in [0.5, 0.6) is 0 Å². The Labute approximate surface area is 113 Å². The normalized spacial score (nSPS) is 10.9. The molecule has 0 amide bonds. The predicted octanol–water partition coefficient (Wildman–Crippen LogP) is 2.13. The van der Waals surface area contributed by atoms with E-state index >= 15 is 0 Å². The molecular formula is C15H11FN2O2. The molecule has 4 nitrogen and oxygen atoms in total. The van der Waals surface area contributed by atoms with E-state index in [2.05, 4.69) is 4.98 Å². The lowest BCUT2D eigenvalue weighted by atomic mass is 10.1. The van der Waals surface area contributed by atoms with Crippen molar-refractivity contribution in [3.05, 3.63) is 74.7 Å². The number of rotatable bonds is 1. The van der Waals surface area contributed by atoms with Gasteiger partial charge >= 0.3 is 5.69 Å². The first-order chi connectivity index (χ1) is 9.58. The van der Waals surface area contributed by atoms with Crippen molar-refractivity contribution in [2.75, 3.05) is 0 Å². The molecule has 1 N–H and O–H groups in total. The van der Waals surface area contributed by atoms with Crippen LogP contribution in [0.2, 0.25) is 0 Å². The van der Waals surface area contributed by atoms with E-state index in [0.717, 1.165) is 16.2 Å². The summed E-state index contributed by atoms with van der Waals surface area (Å²) < 4.78 is 14.2. The molecule has 0 aliphatic carbocycles. The molecule has 0 aliphatic rings. The molecule has 3 rings (SSSR count). The van der Waals surface area contributed by atoms with Crippen LogP contribution >= 0.6 is 0 Å². The summed E-state index contributed by atoms with van der Waals surface area (Å²) in [5, 5.41) is 0.427. The fourth-order valence-electron chi connectivity index (χ4n) is 2.28. The number of H-pyrrole nitrogens is 1. The number of aryl methyl sites for hydroxylation is 1. The van der Waals surface area contributed by atoms with Crippen LogP contribution in [0.25, 0.3) is 16.6 Å². The Kier molecular flexibility index (Phi) is 2.75. The van der Waals surface area contributed by atoms with Crippen molar-refractivity contribution >= 4 is 10.9 Å². The lowest BCUT2D eigenvalue weighted by molar-refractivity contribution is 0.626. The fourth-order valence-corrected chi connectivity index (χ4v) is 2.28. The first-order valence-electron chi connectivity index (χ1n) is 6.08. The van der Waals surface area contributed by atoms with E-state index in [9.17, 15) is 14.0 Å².